The van der Waals surface area contributed by atoms with E-state index in [1.54, 1.807) is 0 Å². The summed E-state index contributed by atoms with van der Waals surface area (Å²) in [4.78, 5) is 14.3. The molecule has 1 aliphatic heterocycles. The molecule has 1 amide bonds. The topological polar surface area (TPSA) is 52.6 Å². The second-order valence-electron chi connectivity index (χ2n) is 5.27. The Hall–Kier alpha value is -1.39. The maximum atomic E-state index is 12.3. The number of rotatable bonds is 4. The van der Waals surface area contributed by atoms with E-state index in [2.05, 4.69) is 36.5 Å². The van der Waals surface area contributed by atoms with Gasteiger partial charge in [-0.2, -0.15) is 0 Å². The Morgan fingerprint density at radius 3 is 2.68 bits per heavy atom. The van der Waals surface area contributed by atoms with Crippen LogP contribution < -0.4 is 5.32 Å². The molecule has 2 rings (SSSR count). The van der Waals surface area contributed by atoms with Crippen LogP contribution in [0.5, 0.6) is 0 Å². The monoisotopic (exact) mass is 262 g/mol. The number of aliphatic hydroxyl groups is 1. The van der Waals surface area contributed by atoms with Crippen molar-refractivity contribution < 1.29 is 9.90 Å². The lowest BCUT2D eigenvalue weighted by Crippen LogP contribution is -2.59. The summed E-state index contributed by atoms with van der Waals surface area (Å²) >= 11 is 0. The number of aryl methyl sites for hydroxylation is 1. The molecule has 1 fully saturated rings. The summed E-state index contributed by atoms with van der Waals surface area (Å²) in [5.74, 6) is 0.0911. The first-order valence-electron chi connectivity index (χ1n) is 6.82. The fourth-order valence-corrected chi connectivity index (χ4v) is 2.41. The van der Waals surface area contributed by atoms with Crippen molar-refractivity contribution in [3.05, 3.63) is 35.4 Å². The molecule has 2 unspecified atom stereocenters. The predicted molar refractivity (Wildman–Crippen MR) is 74.7 cm³/mol. The summed E-state index contributed by atoms with van der Waals surface area (Å²) in [5.41, 5.74) is 2.37. The smallest absolute Gasteiger partial charge is 0.240 e. The van der Waals surface area contributed by atoms with Gasteiger partial charge in [0.05, 0.1) is 6.04 Å². The van der Waals surface area contributed by atoms with E-state index < -0.39 is 0 Å². The van der Waals surface area contributed by atoms with E-state index in [-0.39, 0.29) is 24.6 Å². The summed E-state index contributed by atoms with van der Waals surface area (Å²) in [6.45, 7) is 5.57. The fourth-order valence-electron chi connectivity index (χ4n) is 2.41. The van der Waals surface area contributed by atoms with E-state index in [9.17, 15) is 4.79 Å². The van der Waals surface area contributed by atoms with Crippen LogP contribution >= 0.6 is 0 Å². The summed E-state index contributed by atoms with van der Waals surface area (Å²) < 4.78 is 0. The van der Waals surface area contributed by atoms with E-state index in [4.69, 9.17) is 5.11 Å². The Labute approximate surface area is 114 Å². The van der Waals surface area contributed by atoms with Gasteiger partial charge < -0.3 is 15.3 Å². The van der Waals surface area contributed by atoms with Crippen LogP contribution in [0.1, 0.15) is 24.5 Å². The first-order valence-corrected chi connectivity index (χ1v) is 6.82. The summed E-state index contributed by atoms with van der Waals surface area (Å²) in [5, 5.41) is 12.2. The fraction of sp³-hybridized carbons (Fsp3) is 0.533. The first kappa shape index (κ1) is 14.0. The highest BCUT2D eigenvalue weighted by atomic mass is 16.3. The van der Waals surface area contributed by atoms with Crippen molar-refractivity contribution in [2.45, 2.75) is 38.9 Å². The average Bonchev–Trinajstić information content (AvgIpc) is 2.40. The van der Waals surface area contributed by atoms with Gasteiger partial charge in [0.2, 0.25) is 5.91 Å². The molecule has 0 radical (unpaired) electrons. The van der Waals surface area contributed by atoms with Crippen LogP contribution in [0.15, 0.2) is 24.3 Å². The molecular formula is C15H22N2O2. The Morgan fingerprint density at radius 2 is 2.05 bits per heavy atom. The predicted octanol–water partition coefficient (Wildman–Crippen LogP) is 1.07. The van der Waals surface area contributed by atoms with E-state index in [0.717, 1.165) is 12.1 Å². The van der Waals surface area contributed by atoms with Crippen molar-refractivity contribution in [1.82, 2.24) is 10.2 Å². The highest BCUT2D eigenvalue weighted by Gasteiger charge is 2.32. The molecule has 0 bridgehead atoms. The average molecular weight is 262 g/mol. The maximum Gasteiger partial charge on any atom is 0.240 e. The number of nitrogens with zero attached hydrogens (tertiary/aromatic N) is 1. The van der Waals surface area contributed by atoms with E-state index in [1.165, 1.54) is 5.56 Å². The van der Waals surface area contributed by atoms with Gasteiger partial charge in [-0.3, -0.25) is 4.79 Å². The van der Waals surface area contributed by atoms with Crippen LogP contribution in [0.25, 0.3) is 0 Å². The minimum absolute atomic E-state index is 0.0379. The van der Waals surface area contributed by atoms with Crippen LogP contribution in [-0.2, 0) is 11.3 Å². The summed E-state index contributed by atoms with van der Waals surface area (Å²) in [7, 11) is 0. The molecule has 0 spiro atoms. The van der Waals surface area contributed by atoms with Gasteiger partial charge in [0.25, 0.3) is 0 Å². The van der Waals surface area contributed by atoms with E-state index in [0.29, 0.717) is 13.0 Å². The summed E-state index contributed by atoms with van der Waals surface area (Å²) in [6, 6.07) is 8.21. The standard InChI is InChI=1S/C15H22N2O2/c1-11-3-5-13(6-4-11)10-17-12(2)9-16-14(7-8-18)15(17)19/h3-6,12,14,16,18H,7-10H2,1-2H3. The lowest BCUT2D eigenvalue weighted by atomic mass is 10.0. The van der Waals surface area contributed by atoms with Gasteiger partial charge >= 0.3 is 0 Å². The van der Waals surface area contributed by atoms with Gasteiger partial charge in [-0.15, -0.1) is 0 Å². The zero-order valence-electron chi connectivity index (χ0n) is 11.6. The van der Waals surface area contributed by atoms with Crippen molar-refractivity contribution in [3.63, 3.8) is 0 Å². The zero-order chi connectivity index (χ0) is 13.8. The molecule has 19 heavy (non-hydrogen) atoms. The first-order chi connectivity index (χ1) is 9.11. The largest absolute Gasteiger partial charge is 0.396 e. The molecule has 1 saturated heterocycles. The number of nitrogens with one attached hydrogen (secondary N) is 1. The van der Waals surface area contributed by atoms with Gasteiger partial charge in [-0.1, -0.05) is 29.8 Å². The van der Waals surface area contributed by atoms with E-state index >= 15 is 0 Å². The highest BCUT2D eigenvalue weighted by Crippen LogP contribution is 2.15. The Bertz CT molecular complexity index is 430. The van der Waals surface area contributed by atoms with Crippen molar-refractivity contribution in [1.29, 1.82) is 0 Å². The Balaban J connectivity index is 2.07. The number of hydrogen-bond acceptors (Lipinski definition) is 3. The molecule has 0 saturated carbocycles. The minimum Gasteiger partial charge on any atom is -0.396 e. The molecule has 0 aromatic heterocycles. The second kappa shape index (κ2) is 6.17. The molecular weight excluding hydrogens is 240 g/mol. The molecule has 104 valence electrons. The summed E-state index contributed by atoms with van der Waals surface area (Å²) in [6.07, 6.45) is 0.482. The SMILES string of the molecule is Cc1ccc(CN2C(=O)C(CCO)NCC2C)cc1. The van der Waals surface area contributed by atoms with Crippen LogP contribution in [-0.4, -0.2) is 41.1 Å². The van der Waals surface area contributed by atoms with Crippen molar-refractivity contribution in [3.8, 4) is 0 Å². The lowest BCUT2D eigenvalue weighted by Gasteiger charge is -2.38. The van der Waals surface area contributed by atoms with Crippen molar-refractivity contribution in [2.75, 3.05) is 13.2 Å². The van der Waals surface area contributed by atoms with E-state index in [1.807, 2.05) is 11.8 Å². The van der Waals surface area contributed by atoms with Crippen molar-refractivity contribution >= 4 is 5.91 Å². The lowest BCUT2D eigenvalue weighted by molar-refractivity contribution is -0.139. The molecule has 1 heterocycles. The third kappa shape index (κ3) is 3.33. The maximum absolute atomic E-state index is 12.3. The molecule has 1 aliphatic rings. The number of carbonyl (C=O) groups excluding carboxylic acids is 1. The molecule has 1 aromatic carbocycles. The number of piperazine rings is 1. The van der Waals surface area contributed by atoms with Gasteiger partial charge in [0.15, 0.2) is 0 Å². The minimum atomic E-state index is -0.244. The van der Waals surface area contributed by atoms with Crippen molar-refractivity contribution in [2.24, 2.45) is 0 Å². The number of benzene rings is 1. The van der Waals surface area contributed by atoms with Crippen LogP contribution in [0.3, 0.4) is 0 Å². The third-order valence-electron chi connectivity index (χ3n) is 3.66. The third-order valence-corrected chi connectivity index (χ3v) is 3.66. The number of amides is 1. The van der Waals surface area contributed by atoms with Gasteiger partial charge in [-0.05, 0) is 25.8 Å². The normalized spacial score (nSPS) is 23.7. The molecule has 0 aliphatic carbocycles. The number of aliphatic hydroxyl groups excluding tert-OH is 1. The highest BCUT2D eigenvalue weighted by molar-refractivity contribution is 5.83. The Morgan fingerprint density at radius 1 is 1.37 bits per heavy atom. The molecule has 4 nitrogen and oxygen atoms in total. The van der Waals surface area contributed by atoms with Crippen LogP contribution in [0, 0.1) is 6.92 Å². The van der Waals surface area contributed by atoms with Gasteiger partial charge in [0.1, 0.15) is 0 Å². The number of carbonyl (C=O) groups is 1. The quantitative estimate of drug-likeness (QED) is 0.853. The zero-order valence-corrected chi connectivity index (χ0v) is 11.6. The molecule has 2 atom stereocenters. The molecule has 1 aromatic rings. The van der Waals surface area contributed by atoms with Gasteiger partial charge in [-0.25, -0.2) is 0 Å². The van der Waals surface area contributed by atoms with Gasteiger partial charge in [0, 0.05) is 25.7 Å². The van der Waals surface area contributed by atoms with Crippen LogP contribution in [0.4, 0.5) is 0 Å². The molecule has 4 heteroatoms. The molecule has 2 N–H and O–H groups in total. The number of hydrogen-bond donors (Lipinski definition) is 2. The second-order valence-corrected chi connectivity index (χ2v) is 5.27. The van der Waals surface area contributed by atoms with Crippen LogP contribution in [0.2, 0.25) is 0 Å². The Kier molecular flexibility index (Phi) is 4.56.